The molecule has 3 heterocycles. The van der Waals surface area contributed by atoms with Crippen LogP contribution in [0.4, 0.5) is 24.7 Å². The van der Waals surface area contributed by atoms with Crippen molar-refractivity contribution in [3.8, 4) is 0 Å². The molecule has 3 aromatic rings. The van der Waals surface area contributed by atoms with E-state index in [1.165, 1.54) is 11.9 Å². The quantitative estimate of drug-likeness (QED) is 0.368. The molecule has 6 nitrogen and oxygen atoms in total. The molecular formula is C21H20ClF3N6S. The van der Waals surface area contributed by atoms with Crippen LogP contribution in [0.5, 0.6) is 0 Å². The number of nitrogens with one attached hydrogen (secondary N) is 2. The average Bonchev–Trinajstić information content (AvgIpc) is 2.77. The summed E-state index contributed by atoms with van der Waals surface area (Å²) in [5.74, 6) is 0.523. The lowest BCUT2D eigenvalue weighted by Crippen LogP contribution is -2.27. The molecule has 0 bridgehead atoms. The van der Waals surface area contributed by atoms with Gasteiger partial charge in [-0.3, -0.25) is 0 Å². The van der Waals surface area contributed by atoms with E-state index in [2.05, 4.69) is 29.9 Å². The first kappa shape index (κ1) is 22.6. The molecule has 0 fully saturated rings. The van der Waals surface area contributed by atoms with Gasteiger partial charge in [-0.1, -0.05) is 6.07 Å². The molecule has 2 N–H and O–H groups in total. The lowest BCUT2D eigenvalue weighted by Gasteiger charge is -2.28. The standard InChI is InChI=1S/C21H20ClF3N6S/c1-26-15-9-13(8-14(10-15)21(23,24)25)11-28-19-16-12-31(32-18-4-2-3-6-27-18)7-5-17(16)29-20(22)30-19/h2-4,6,8-10,26H,5,7,11-12H2,1H3,(H,28,29,30). The van der Waals surface area contributed by atoms with Gasteiger partial charge in [0, 0.05) is 50.6 Å². The zero-order valence-corrected chi connectivity index (χ0v) is 18.7. The summed E-state index contributed by atoms with van der Waals surface area (Å²) in [6.07, 6.45) is -2.01. The summed E-state index contributed by atoms with van der Waals surface area (Å²) >= 11 is 7.65. The molecule has 2 aromatic heterocycles. The molecule has 1 aliphatic heterocycles. The maximum atomic E-state index is 13.2. The summed E-state index contributed by atoms with van der Waals surface area (Å²) in [4.78, 5) is 13.0. The van der Waals surface area contributed by atoms with E-state index in [4.69, 9.17) is 11.6 Å². The molecule has 0 radical (unpaired) electrons. The Kier molecular flexibility index (Phi) is 6.73. The van der Waals surface area contributed by atoms with E-state index in [1.807, 2.05) is 18.2 Å². The van der Waals surface area contributed by atoms with Crippen LogP contribution in [0.3, 0.4) is 0 Å². The molecule has 0 unspecified atom stereocenters. The molecule has 0 spiro atoms. The van der Waals surface area contributed by atoms with Crippen LogP contribution in [-0.4, -0.2) is 32.8 Å². The van der Waals surface area contributed by atoms with Crippen LogP contribution >= 0.6 is 23.5 Å². The first-order valence-electron chi connectivity index (χ1n) is 9.84. The van der Waals surface area contributed by atoms with Gasteiger partial charge in [0.05, 0.1) is 11.3 Å². The molecule has 0 saturated carbocycles. The number of alkyl halides is 3. The maximum absolute atomic E-state index is 13.2. The fourth-order valence-electron chi connectivity index (χ4n) is 3.40. The number of anilines is 2. The van der Waals surface area contributed by atoms with Crippen molar-refractivity contribution in [2.24, 2.45) is 0 Å². The first-order valence-corrected chi connectivity index (χ1v) is 11.0. The maximum Gasteiger partial charge on any atom is 0.416 e. The molecule has 32 heavy (non-hydrogen) atoms. The lowest BCUT2D eigenvalue weighted by molar-refractivity contribution is -0.137. The number of hydrogen-bond acceptors (Lipinski definition) is 7. The Balaban J connectivity index is 1.55. The number of halogens is 4. The summed E-state index contributed by atoms with van der Waals surface area (Å²) < 4.78 is 41.9. The number of fused-ring (bicyclic) bond motifs is 1. The predicted octanol–water partition coefficient (Wildman–Crippen LogP) is 5.26. The Morgan fingerprint density at radius 2 is 2.03 bits per heavy atom. The Hall–Kier alpha value is -2.56. The Morgan fingerprint density at radius 3 is 2.75 bits per heavy atom. The van der Waals surface area contributed by atoms with Crippen molar-refractivity contribution in [3.63, 3.8) is 0 Å². The predicted molar refractivity (Wildman–Crippen MR) is 120 cm³/mol. The molecule has 0 atom stereocenters. The van der Waals surface area contributed by atoms with E-state index in [9.17, 15) is 13.2 Å². The highest BCUT2D eigenvalue weighted by Crippen LogP contribution is 2.33. The number of hydrogen-bond donors (Lipinski definition) is 2. The van der Waals surface area contributed by atoms with Gasteiger partial charge in [0.25, 0.3) is 0 Å². The van der Waals surface area contributed by atoms with E-state index in [0.29, 0.717) is 30.0 Å². The van der Waals surface area contributed by atoms with E-state index in [1.54, 1.807) is 19.3 Å². The normalized spacial score (nSPS) is 14.2. The van der Waals surface area contributed by atoms with Crippen LogP contribution in [-0.2, 0) is 25.7 Å². The van der Waals surface area contributed by atoms with Gasteiger partial charge < -0.3 is 10.6 Å². The number of nitrogens with zero attached hydrogens (tertiary/aromatic N) is 4. The van der Waals surface area contributed by atoms with Gasteiger partial charge in [-0.25, -0.2) is 19.3 Å². The van der Waals surface area contributed by atoms with E-state index >= 15 is 0 Å². The number of rotatable bonds is 6. The van der Waals surface area contributed by atoms with Crippen molar-refractivity contribution in [2.75, 3.05) is 24.2 Å². The summed E-state index contributed by atoms with van der Waals surface area (Å²) in [6.45, 7) is 1.48. The summed E-state index contributed by atoms with van der Waals surface area (Å²) in [7, 11) is 1.58. The molecule has 0 amide bonds. The van der Waals surface area contributed by atoms with Crippen molar-refractivity contribution in [1.82, 2.24) is 19.3 Å². The first-order chi connectivity index (χ1) is 15.3. The van der Waals surface area contributed by atoms with E-state index in [0.717, 1.165) is 35.0 Å². The average molecular weight is 481 g/mol. The Labute approximate surface area is 192 Å². The minimum absolute atomic E-state index is 0.108. The summed E-state index contributed by atoms with van der Waals surface area (Å²) in [6, 6.07) is 9.61. The number of aromatic nitrogens is 3. The van der Waals surface area contributed by atoms with Crippen LogP contribution in [0.25, 0.3) is 0 Å². The summed E-state index contributed by atoms with van der Waals surface area (Å²) in [5, 5.41) is 6.93. The molecule has 11 heteroatoms. The lowest BCUT2D eigenvalue weighted by atomic mass is 10.1. The minimum Gasteiger partial charge on any atom is -0.388 e. The van der Waals surface area contributed by atoms with Crippen LogP contribution in [0.2, 0.25) is 5.28 Å². The van der Waals surface area contributed by atoms with Gasteiger partial charge in [-0.2, -0.15) is 13.2 Å². The Bertz CT molecular complexity index is 1100. The highest BCUT2D eigenvalue weighted by Gasteiger charge is 2.31. The fourth-order valence-corrected chi connectivity index (χ4v) is 4.48. The zero-order valence-electron chi connectivity index (χ0n) is 17.1. The van der Waals surface area contributed by atoms with E-state index < -0.39 is 11.7 Å². The highest BCUT2D eigenvalue weighted by molar-refractivity contribution is 7.96. The van der Waals surface area contributed by atoms with Gasteiger partial charge in [-0.15, -0.1) is 0 Å². The molecule has 0 aliphatic carbocycles. The van der Waals surface area contributed by atoms with Crippen molar-refractivity contribution in [1.29, 1.82) is 0 Å². The van der Waals surface area contributed by atoms with Crippen molar-refractivity contribution in [2.45, 2.75) is 30.7 Å². The van der Waals surface area contributed by atoms with Gasteiger partial charge >= 0.3 is 6.18 Å². The van der Waals surface area contributed by atoms with Crippen molar-refractivity contribution >= 4 is 35.1 Å². The number of pyridine rings is 1. The van der Waals surface area contributed by atoms with Gasteiger partial charge in [-0.05, 0) is 59.4 Å². The zero-order chi connectivity index (χ0) is 22.7. The van der Waals surface area contributed by atoms with Crippen molar-refractivity contribution in [3.05, 3.63) is 70.3 Å². The van der Waals surface area contributed by atoms with Crippen LogP contribution in [0.15, 0.2) is 47.6 Å². The second-order valence-electron chi connectivity index (χ2n) is 7.16. The van der Waals surface area contributed by atoms with Crippen molar-refractivity contribution < 1.29 is 13.2 Å². The SMILES string of the molecule is CNc1cc(CNc2nc(Cl)nc3c2CN(Sc2ccccn2)CC3)cc(C(F)(F)F)c1. The highest BCUT2D eigenvalue weighted by atomic mass is 35.5. The largest absolute Gasteiger partial charge is 0.416 e. The van der Waals surface area contributed by atoms with Gasteiger partial charge in [0.15, 0.2) is 0 Å². The second-order valence-corrected chi connectivity index (χ2v) is 8.61. The summed E-state index contributed by atoms with van der Waals surface area (Å²) in [5.41, 5.74) is 1.87. The molecular weight excluding hydrogens is 461 g/mol. The topological polar surface area (TPSA) is 66.0 Å². The molecule has 1 aromatic carbocycles. The molecule has 0 saturated heterocycles. The fraction of sp³-hybridized carbons (Fsp3) is 0.286. The molecule has 168 valence electrons. The smallest absolute Gasteiger partial charge is 0.388 e. The monoisotopic (exact) mass is 480 g/mol. The van der Waals surface area contributed by atoms with E-state index in [-0.39, 0.29) is 11.8 Å². The third kappa shape index (κ3) is 5.43. The third-order valence-electron chi connectivity index (χ3n) is 4.93. The van der Waals surface area contributed by atoms with Crippen LogP contribution in [0, 0.1) is 0 Å². The Morgan fingerprint density at radius 1 is 1.19 bits per heavy atom. The van der Waals surface area contributed by atoms with Crippen LogP contribution in [0.1, 0.15) is 22.4 Å². The second kappa shape index (κ2) is 9.51. The minimum atomic E-state index is -4.43. The van der Waals surface area contributed by atoms with Crippen LogP contribution < -0.4 is 10.6 Å². The van der Waals surface area contributed by atoms with Gasteiger partial charge in [0.1, 0.15) is 10.8 Å². The van der Waals surface area contributed by atoms with Gasteiger partial charge in [0.2, 0.25) is 5.28 Å². The third-order valence-corrected chi connectivity index (χ3v) is 6.09. The number of benzene rings is 1. The molecule has 4 rings (SSSR count). The molecule has 1 aliphatic rings.